The van der Waals surface area contributed by atoms with E-state index in [-0.39, 0.29) is 6.04 Å². The van der Waals surface area contributed by atoms with Gasteiger partial charge < -0.3 is 5.73 Å². The molecule has 2 atom stereocenters. The molecule has 1 aliphatic rings. The first-order chi connectivity index (χ1) is 9.51. The quantitative estimate of drug-likeness (QED) is 0.901. The van der Waals surface area contributed by atoms with Gasteiger partial charge in [-0.25, -0.2) is 9.97 Å². The highest BCUT2D eigenvalue weighted by molar-refractivity contribution is 5.34. The summed E-state index contributed by atoms with van der Waals surface area (Å²) in [4.78, 5) is 11.5. The van der Waals surface area contributed by atoms with Crippen LogP contribution in [0.5, 0.6) is 0 Å². The Morgan fingerprint density at radius 2 is 2.10 bits per heavy atom. The van der Waals surface area contributed by atoms with Crippen molar-refractivity contribution in [3.05, 3.63) is 29.3 Å². The van der Waals surface area contributed by atoms with Crippen LogP contribution in [0, 0.1) is 19.8 Å². The van der Waals surface area contributed by atoms with Crippen LogP contribution in [0.4, 0.5) is 0 Å². The molecule has 3 rings (SSSR count). The normalized spacial score (nSPS) is 24.4. The van der Waals surface area contributed by atoms with E-state index in [0.717, 1.165) is 43.2 Å². The summed E-state index contributed by atoms with van der Waals surface area (Å²) in [6, 6.07) is 2.37. The first-order valence-electron chi connectivity index (χ1n) is 7.31. The Kier molecular flexibility index (Phi) is 3.48. The van der Waals surface area contributed by atoms with Gasteiger partial charge in [-0.3, -0.25) is 9.30 Å². The van der Waals surface area contributed by atoms with E-state index in [2.05, 4.69) is 45.4 Å². The largest absolute Gasteiger partial charge is 0.327 e. The fourth-order valence-corrected chi connectivity index (χ4v) is 3.27. The number of hydrogen-bond donors (Lipinski definition) is 1. The number of rotatable bonds is 2. The zero-order valence-corrected chi connectivity index (χ0v) is 12.5. The fourth-order valence-electron chi connectivity index (χ4n) is 3.27. The van der Waals surface area contributed by atoms with Crippen molar-refractivity contribution < 1.29 is 0 Å². The van der Waals surface area contributed by atoms with E-state index >= 15 is 0 Å². The number of likely N-dealkylation sites (tertiary alicyclic amines) is 1. The van der Waals surface area contributed by atoms with Crippen molar-refractivity contribution in [1.82, 2.24) is 19.3 Å². The molecule has 2 aromatic rings. The summed E-state index contributed by atoms with van der Waals surface area (Å²) < 4.78 is 2.07. The highest BCUT2D eigenvalue weighted by atomic mass is 15.2. The van der Waals surface area contributed by atoms with Gasteiger partial charge in [0, 0.05) is 43.3 Å². The maximum Gasteiger partial charge on any atom is 0.234 e. The summed E-state index contributed by atoms with van der Waals surface area (Å²) in [6.07, 6.45) is 3.23. The highest BCUT2D eigenvalue weighted by Gasteiger charge is 2.22. The van der Waals surface area contributed by atoms with Gasteiger partial charge in [-0.05, 0) is 32.3 Å². The Bertz CT molecular complexity index is 608. The molecule has 5 nitrogen and oxygen atoms in total. The van der Waals surface area contributed by atoms with Gasteiger partial charge in [0.1, 0.15) is 0 Å². The molecule has 108 valence electrons. The molecule has 2 aromatic heterocycles. The molecule has 0 aliphatic carbocycles. The van der Waals surface area contributed by atoms with Gasteiger partial charge in [-0.1, -0.05) is 6.92 Å². The lowest BCUT2D eigenvalue weighted by Crippen LogP contribution is -2.45. The number of hydrogen-bond acceptors (Lipinski definition) is 4. The van der Waals surface area contributed by atoms with Crippen LogP contribution in [-0.2, 0) is 6.54 Å². The van der Waals surface area contributed by atoms with Crippen LogP contribution >= 0.6 is 0 Å². The van der Waals surface area contributed by atoms with E-state index in [1.165, 1.54) is 5.69 Å². The van der Waals surface area contributed by atoms with Crippen molar-refractivity contribution >= 4 is 5.78 Å². The number of aryl methyl sites for hydroxylation is 2. The van der Waals surface area contributed by atoms with Crippen molar-refractivity contribution in [3.8, 4) is 0 Å². The van der Waals surface area contributed by atoms with Crippen molar-refractivity contribution in [1.29, 1.82) is 0 Å². The Hall–Kier alpha value is -1.46. The second-order valence-corrected chi connectivity index (χ2v) is 6.24. The van der Waals surface area contributed by atoms with Crippen LogP contribution in [0.15, 0.2) is 12.3 Å². The van der Waals surface area contributed by atoms with Gasteiger partial charge in [-0.15, -0.1) is 0 Å². The van der Waals surface area contributed by atoms with Gasteiger partial charge in [0.2, 0.25) is 5.78 Å². The summed E-state index contributed by atoms with van der Waals surface area (Å²) in [6.45, 7) is 9.29. The molecular weight excluding hydrogens is 250 g/mol. The van der Waals surface area contributed by atoms with Crippen molar-refractivity contribution in [2.45, 2.75) is 39.8 Å². The number of aromatic nitrogens is 3. The smallest absolute Gasteiger partial charge is 0.234 e. The van der Waals surface area contributed by atoms with Crippen molar-refractivity contribution in [3.63, 3.8) is 0 Å². The lowest BCUT2D eigenvalue weighted by Gasteiger charge is -2.34. The molecule has 0 radical (unpaired) electrons. The third-order valence-electron chi connectivity index (χ3n) is 3.96. The van der Waals surface area contributed by atoms with Gasteiger partial charge in [0.25, 0.3) is 0 Å². The molecule has 0 saturated carbocycles. The van der Waals surface area contributed by atoms with Crippen LogP contribution in [0.3, 0.4) is 0 Å². The van der Waals surface area contributed by atoms with E-state index in [9.17, 15) is 0 Å². The Morgan fingerprint density at radius 1 is 1.30 bits per heavy atom. The predicted octanol–water partition coefficient (Wildman–Crippen LogP) is 1.52. The lowest BCUT2D eigenvalue weighted by atomic mass is 9.96. The molecule has 1 aliphatic heterocycles. The highest BCUT2D eigenvalue weighted by Crippen LogP contribution is 2.17. The zero-order valence-electron chi connectivity index (χ0n) is 12.5. The summed E-state index contributed by atoms with van der Waals surface area (Å²) in [5.74, 6) is 1.46. The summed E-state index contributed by atoms with van der Waals surface area (Å²) in [5, 5.41) is 0. The van der Waals surface area contributed by atoms with Crippen molar-refractivity contribution in [2.24, 2.45) is 11.7 Å². The summed E-state index contributed by atoms with van der Waals surface area (Å²) in [7, 11) is 0. The standard InChI is InChI=1S/C15H23N5/c1-10-4-13(16)7-19(6-10)8-14-9-20-12(3)5-11(2)17-15(20)18-14/h5,9-10,13H,4,6-8,16H2,1-3H3. The molecule has 2 N–H and O–H groups in total. The molecule has 0 spiro atoms. The second kappa shape index (κ2) is 5.14. The molecule has 1 saturated heterocycles. The maximum absolute atomic E-state index is 6.11. The van der Waals surface area contributed by atoms with Crippen LogP contribution in [0.2, 0.25) is 0 Å². The van der Waals surface area contributed by atoms with E-state index < -0.39 is 0 Å². The topological polar surface area (TPSA) is 59.5 Å². The molecule has 0 bridgehead atoms. The zero-order chi connectivity index (χ0) is 14.3. The summed E-state index contributed by atoms with van der Waals surface area (Å²) >= 11 is 0. The third-order valence-corrected chi connectivity index (χ3v) is 3.96. The Balaban J connectivity index is 1.82. The van der Waals surface area contributed by atoms with Crippen LogP contribution in [-0.4, -0.2) is 38.4 Å². The number of imidazole rings is 1. The lowest BCUT2D eigenvalue weighted by molar-refractivity contribution is 0.157. The number of nitrogens with two attached hydrogens (primary N) is 1. The van der Waals surface area contributed by atoms with Crippen molar-refractivity contribution in [2.75, 3.05) is 13.1 Å². The molecule has 5 heteroatoms. The minimum atomic E-state index is 0.290. The molecule has 1 fully saturated rings. The van der Waals surface area contributed by atoms with Gasteiger partial charge >= 0.3 is 0 Å². The minimum absolute atomic E-state index is 0.290. The Morgan fingerprint density at radius 3 is 2.85 bits per heavy atom. The third kappa shape index (κ3) is 2.69. The van der Waals surface area contributed by atoms with Gasteiger partial charge in [-0.2, -0.15) is 0 Å². The minimum Gasteiger partial charge on any atom is -0.327 e. The van der Waals surface area contributed by atoms with Crippen LogP contribution in [0.1, 0.15) is 30.4 Å². The average molecular weight is 273 g/mol. The van der Waals surface area contributed by atoms with Crippen LogP contribution < -0.4 is 5.73 Å². The molecule has 3 heterocycles. The average Bonchev–Trinajstić information content (AvgIpc) is 2.70. The van der Waals surface area contributed by atoms with Gasteiger partial charge in [0.15, 0.2) is 0 Å². The number of nitrogens with zero attached hydrogens (tertiary/aromatic N) is 4. The fraction of sp³-hybridized carbons (Fsp3) is 0.600. The molecule has 0 amide bonds. The molecule has 0 aromatic carbocycles. The predicted molar refractivity (Wildman–Crippen MR) is 79.5 cm³/mol. The molecular formula is C15H23N5. The maximum atomic E-state index is 6.11. The SMILES string of the molecule is Cc1cc(C)n2cc(CN3CC(C)CC(N)C3)nc2n1. The number of piperidine rings is 1. The van der Waals surface area contributed by atoms with E-state index in [0.29, 0.717) is 5.92 Å². The van der Waals surface area contributed by atoms with Crippen LogP contribution in [0.25, 0.3) is 5.78 Å². The second-order valence-electron chi connectivity index (χ2n) is 6.24. The summed E-state index contributed by atoms with van der Waals surface area (Å²) in [5.41, 5.74) is 9.38. The van der Waals surface area contributed by atoms with E-state index in [1.54, 1.807) is 0 Å². The van der Waals surface area contributed by atoms with E-state index in [4.69, 9.17) is 5.73 Å². The first-order valence-corrected chi connectivity index (χ1v) is 7.31. The number of fused-ring (bicyclic) bond motifs is 1. The first kappa shape index (κ1) is 13.5. The Labute approximate surface area is 119 Å². The molecule has 20 heavy (non-hydrogen) atoms. The van der Waals surface area contributed by atoms with Gasteiger partial charge in [0.05, 0.1) is 5.69 Å². The monoisotopic (exact) mass is 273 g/mol. The molecule has 2 unspecified atom stereocenters. The van der Waals surface area contributed by atoms with E-state index in [1.807, 2.05) is 6.92 Å².